The molecule has 0 amide bonds. The van der Waals surface area contributed by atoms with Crippen LogP contribution in [0.3, 0.4) is 0 Å². The predicted molar refractivity (Wildman–Crippen MR) is 59.4 cm³/mol. The first kappa shape index (κ1) is 11.5. The van der Waals surface area contributed by atoms with Crippen molar-refractivity contribution in [3.63, 3.8) is 0 Å². The van der Waals surface area contributed by atoms with Crippen LogP contribution in [0.15, 0.2) is 18.2 Å². The second-order valence-electron chi connectivity index (χ2n) is 3.59. The zero-order chi connectivity index (χ0) is 10.6. The van der Waals surface area contributed by atoms with Crippen molar-refractivity contribution in [3.05, 3.63) is 29.6 Å². The van der Waals surface area contributed by atoms with Gasteiger partial charge in [0.25, 0.3) is 0 Å². The van der Waals surface area contributed by atoms with E-state index in [-0.39, 0.29) is 5.82 Å². The molecule has 0 atom stereocenters. The highest BCUT2D eigenvalue weighted by Gasteiger charge is 2.04. The summed E-state index contributed by atoms with van der Waals surface area (Å²) in [6.45, 7) is 4.82. The summed E-state index contributed by atoms with van der Waals surface area (Å²) >= 11 is 3.30. The van der Waals surface area contributed by atoms with Gasteiger partial charge < -0.3 is 4.74 Å². The molecule has 0 saturated carbocycles. The Labute approximate surface area is 92.4 Å². The predicted octanol–water partition coefficient (Wildman–Crippen LogP) is 3.76. The monoisotopic (exact) mass is 260 g/mol. The Kier molecular flexibility index (Phi) is 4.39. The molecule has 0 saturated heterocycles. The van der Waals surface area contributed by atoms with Crippen molar-refractivity contribution >= 4 is 15.9 Å². The lowest BCUT2D eigenvalue weighted by atomic mass is 10.2. The van der Waals surface area contributed by atoms with E-state index in [1.54, 1.807) is 6.07 Å². The standard InChI is InChI=1S/C11H14BrFO/c1-8(2)7-14-11-4-3-10(13)5-9(11)6-12/h3-5,8H,6-7H2,1-2H3. The summed E-state index contributed by atoms with van der Waals surface area (Å²) in [7, 11) is 0. The molecule has 0 aliphatic carbocycles. The summed E-state index contributed by atoms with van der Waals surface area (Å²) in [6, 6.07) is 4.58. The highest BCUT2D eigenvalue weighted by atomic mass is 79.9. The van der Waals surface area contributed by atoms with Gasteiger partial charge in [-0.1, -0.05) is 29.8 Å². The van der Waals surface area contributed by atoms with Crippen LogP contribution in [0, 0.1) is 11.7 Å². The van der Waals surface area contributed by atoms with Crippen LogP contribution in [0.25, 0.3) is 0 Å². The van der Waals surface area contributed by atoms with Crippen LogP contribution < -0.4 is 4.74 Å². The normalized spacial score (nSPS) is 10.6. The molecule has 78 valence electrons. The fourth-order valence-electron chi connectivity index (χ4n) is 1.05. The molecule has 0 aromatic heterocycles. The summed E-state index contributed by atoms with van der Waals surface area (Å²) in [5.74, 6) is 1.01. The lowest BCUT2D eigenvalue weighted by Crippen LogP contribution is -2.05. The minimum atomic E-state index is -0.226. The minimum absolute atomic E-state index is 0.226. The Hall–Kier alpha value is -0.570. The molecule has 0 aliphatic rings. The van der Waals surface area contributed by atoms with Gasteiger partial charge >= 0.3 is 0 Å². The van der Waals surface area contributed by atoms with Crippen molar-refractivity contribution in [1.29, 1.82) is 0 Å². The van der Waals surface area contributed by atoms with E-state index in [0.29, 0.717) is 17.9 Å². The number of rotatable bonds is 4. The maximum atomic E-state index is 12.9. The zero-order valence-corrected chi connectivity index (χ0v) is 9.97. The number of hydrogen-bond donors (Lipinski definition) is 0. The lowest BCUT2D eigenvalue weighted by Gasteiger charge is -2.11. The molecular formula is C11H14BrFO. The number of benzene rings is 1. The van der Waals surface area contributed by atoms with Crippen molar-refractivity contribution in [1.82, 2.24) is 0 Å². The summed E-state index contributed by atoms with van der Waals surface area (Å²) in [4.78, 5) is 0. The smallest absolute Gasteiger partial charge is 0.123 e. The van der Waals surface area contributed by atoms with E-state index in [1.165, 1.54) is 12.1 Å². The molecule has 0 radical (unpaired) electrons. The molecule has 1 aromatic carbocycles. The third-order valence-corrected chi connectivity index (χ3v) is 2.34. The lowest BCUT2D eigenvalue weighted by molar-refractivity contribution is 0.269. The first-order valence-corrected chi connectivity index (χ1v) is 5.73. The van der Waals surface area contributed by atoms with Gasteiger partial charge in [0.1, 0.15) is 11.6 Å². The third-order valence-electron chi connectivity index (χ3n) is 1.74. The van der Waals surface area contributed by atoms with Gasteiger partial charge in [-0.25, -0.2) is 4.39 Å². The number of alkyl halides is 1. The quantitative estimate of drug-likeness (QED) is 0.750. The molecule has 0 bridgehead atoms. The molecule has 0 heterocycles. The van der Waals surface area contributed by atoms with Crippen LogP contribution in [0.5, 0.6) is 5.75 Å². The Morgan fingerprint density at radius 1 is 1.43 bits per heavy atom. The second kappa shape index (κ2) is 5.35. The highest BCUT2D eigenvalue weighted by Crippen LogP contribution is 2.22. The fourth-order valence-corrected chi connectivity index (χ4v) is 1.49. The van der Waals surface area contributed by atoms with E-state index in [4.69, 9.17) is 4.74 Å². The molecule has 3 heteroatoms. The van der Waals surface area contributed by atoms with Gasteiger partial charge in [0, 0.05) is 10.9 Å². The molecular weight excluding hydrogens is 247 g/mol. The van der Waals surface area contributed by atoms with Crippen LogP contribution in [-0.4, -0.2) is 6.61 Å². The van der Waals surface area contributed by atoms with Crippen LogP contribution >= 0.6 is 15.9 Å². The molecule has 1 aromatic rings. The Morgan fingerprint density at radius 2 is 2.14 bits per heavy atom. The maximum absolute atomic E-state index is 12.9. The van der Waals surface area contributed by atoms with Crippen molar-refractivity contribution < 1.29 is 9.13 Å². The molecule has 0 aliphatic heterocycles. The zero-order valence-electron chi connectivity index (χ0n) is 8.39. The maximum Gasteiger partial charge on any atom is 0.123 e. The molecule has 1 nitrogen and oxygen atoms in total. The van der Waals surface area contributed by atoms with Gasteiger partial charge in [-0.2, -0.15) is 0 Å². The Balaban J connectivity index is 2.75. The number of ether oxygens (including phenoxy) is 1. The second-order valence-corrected chi connectivity index (χ2v) is 4.15. The van der Waals surface area contributed by atoms with E-state index in [2.05, 4.69) is 29.8 Å². The Bertz CT molecular complexity index is 299. The van der Waals surface area contributed by atoms with Crippen LogP contribution in [0.1, 0.15) is 19.4 Å². The summed E-state index contributed by atoms with van der Waals surface area (Å²) in [5.41, 5.74) is 0.852. The summed E-state index contributed by atoms with van der Waals surface area (Å²) in [6.07, 6.45) is 0. The van der Waals surface area contributed by atoms with Crippen LogP contribution in [0.2, 0.25) is 0 Å². The number of hydrogen-bond acceptors (Lipinski definition) is 1. The highest BCUT2D eigenvalue weighted by molar-refractivity contribution is 9.08. The van der Waals surface area contributed by atoms with E-state index in [9.17, 15) is 4.39 Å². The summed E-state index contributed by atoms with van der Waals surface area (Å²) < 4.78 is 18.4. The van der Waals surface area contributed by atoms with Gasteiger partial charge in [0.05, 0.1) is 6.61 Å². The Morgan fingerprint density at radius 3 is 2.71 bits per heavy atom. The summed E-state index contributed by atoms with van der Waals surface area (Å²) in [5, 5.41) is 0.609. The van der Waals surface area contributed by atoms with Gasteiger partial charge in [0.2, 0.25) is 0 Å². The topological polar surface area (TPSA) is 9.23 Å². The molecule has 0 spiro atoms. The fraction of sp³-hybridized carbons (Fsp3) is 0.455. The van der Waals surface area contributed by atoms with Crippen molar-refractivity contribution in [2.24, 2.45) is 5.92 Å². The molecule has 0 fully saturated rings. The molecule has 1 rings (SSSR count). The third kappa shape index (κ3) is 3.29. The molecule has 0 N–H and O–H groups in total. The van der Waals surface area contributed by atoms with Crippen molar-refractivity contribution in [3.8, 4) is 5.75 Å². The first-order chi connectivity index (χ1) is 6.63. The van der Waals surface area contributed by atoms with Crippen LogP contribution in [0.4, 0.5) is 4.39 Å². The van der Waals surface area contributed by atoms with E-state index in [0.717, 1.165) is 11.3 Å². The van der Waals surface area contributed by atoms with Gasteiger partial charge in [0.15, 0.2) is 0 Å². The number of halogens is 2. The van der Waals surface area contributed by atoms with E-state index < -0.39 is 0 Å². The largest absolute Gasteiger partial charge is 0.493 e. The van der Waals surface area contributed by atoms with Gasteiger partial charge in [-0.15, -0.1) is 0 Å². The molecule has 14 heavy (non-hydrogen) atoms. The molecule has 0 unspecified atom stereocenters. The van der Waals surface area contributed by atoms with E-state index in [1.807, 2.05) is 0 Å². The van der Waals surface area contributed by atoms with Crippen LogP contribution in [-0.2, 0) is 5.33 Å². The van der Waals surface area contributed by atoms with Gasteiger partial charge in [-0.3, -0.25) is 0 Å². The van der Waals surface area contributed by atoms with Crippen molar-refractivity contribution in [2.75, 3.05) is 6.61 Å². The van der Waals surface area contributed by atoms with E-state index >= 15 is 0 Å². The van der Waals surface area contributed by atoms with Crippen molar-refractivity contribution in [2.45, 2.75) is 19.2 Å². The average Bonchev–Trinajstić information content (AvgIpc) is 2.15. The van der Waals surface area contributed by atoms with Gasteiger partial charge in [-0.05, 0) is 24.1 Å². The minimum Gasteiger partial charge on any atom is -0.493 e. The SMILES string of the molecule is CC(C)COc1ccc(F)cc1CBr. The first-order valence-electron chi connectivity index (χ1n) is 4.60. The average molecular weight is 261 g/mol.